The molecule has 1 N–H and O–H groups in total. The van der Waals surface area contributed by atoms with Gasteiger partial charge in [0.25, 0.3) is 0 Å². The Morgan fingerprint density at radius 2 is 1.26 bits per heavy atom. The lowest BCUT2D eigenvalue weighted by atomic mass is 9.82. The van der Waals surface area contributed by atoms with E-state index >= 15 is 0 Å². The maximum Gasteiger partial charge on any atom is 0.169 e. The van der Waals surface area contributed by atoms with Gasteiger partial charge in [-0.15, -0.1) is 0 Å². The second-order valence-electron chi connectivity index (χ2n) is 14.7. The lowest BCUT2D eigenvalue weighted by Gasteiger charge is -2.23. The number of fused-ring (bicyclic) bond motifs is 9. The van der Waals surface area contributed by atoms with Crippen LogP contribution in [0.4, 0.5) is 0 Å². The summed E-state index contributed by atoms with van der Waals surface area (Å²) in [6.45, 7) is 4.69. The van der Waals surface area contributed by atoms with Gasteiger partial charge in [0.05, 0.1) is 11.0 Å². The zero-order valence-electron chi connectivity index (χ0n) is 29.3. The Kier molecular flexibility index (Phi) is 6.30. The fourth-order valence-electron chi connectivity index (χ4n) is 8.63. The zero-order chi connectivity index (χ0) is 35.3. The molecule has 5 heteroatoms. The van der Waals surface area contributed by atoms with Gasteiger partial charge in [0.15, 0.2) is 6.17 Å². The number of amidine groups is 2. The second kappa shape index (κ2) is 11.1. The molecule has 0 bridgehead atoms. The number of aliphatic imine (C=N–C) groups is 2. The Morgan fingerprint density at radius 3 is 2.15 bits per heavy atom. The fraction of sp³-hybridized carbons (Fsp3) is 0.0833. The van der Waals surface area contributed by atoms with Crippen molar-refractivity contribution in [3.05, 3.63) is 186 Å². The minimum absolute atomic E-state index is 0.0998. The SMILES string of the molecule is CC1(C)c2ccccc2-c2cc3c4ccccc4n(-c4cccc(C5N=C(c6ccccc6)NC(c6ccc7c(c6)oc6ccccc67)=N5)c4)c3cc21. The normalized spacial score (nSPS) is 16.1. The molecule has 0 saturated heterocycles. The van der Waals surface area contributed by atoms with Crippen molar-refractivity contribution < 1.29 is 4.42 Å². The van der Waals surface area contributed by atoms with Crippen LogP contribution in [0.1, 0.15) is 47.8 Å². The smallest absolute Gasteiger partial charge is 0.169 e. The van der Waals surface area contributed by atoms with Crippen molar-refractivity contribution in [2.75, 3.05) is 0 Å². The van der Waals surface area contributed by atoms with E-state index in [9.17, 15) is 0 Å². The van der Waals surface area contributed by atoms with Crippen LogP contribution in [0.15, 0.2) is 172 Å². The quantitative estimate of drug-likeness (QED) is 0.201. The lowest BCUT2D eigenvalue weighted by Crippen LogP contribution is -2.36. The van der Waals surface area contributed by atoms with E-state index < -0.39 is 6.17 Å². The number of hydrogen-bond acceptors (Lipinski definition) is 4. The molecule has 9 aromatic rings. The number of aromatic nitrogens is 1. The first-order valence-electron chi connectivity index (χ1n) is 18.2. The molecule has 1 unspecified atom stereocenters. The van der Waals surface area contributed by atoms with E-state index in [1.807, 2.05) is 36.4 Å². The summed E-state index contributed by atoms with van der Waals surface area (Å²) in [5.41, 5.74) is 13.4. The van der Waals surface area contributed by atoms with Crippen LogP contribution >= 0.6 is 0 Å². The van der Waals surface area contributed by atoms with Crippen LogP contribution < -0.4 is 5.32 Å². The predicted octanol–water partition coefficient (Wildman–Crippen LogP) is 11.5. The summed E-state index contributed by atoms with van der Waals surface area (Å²) in [6.07, 6.45) is -0.460. The van der Waals surface area contributed by atoms with Crippen LogP contribution in [-0.4, -0.2) is 16.2 Å². The average molecular weight is 683 g/mol. The topological polar surface area (TPSA) is 54.8 Å². The number of benzene rings is 7. The van der Waals surface area contributed by atoms with Gasteiger partial charge in [-0.05, 0) is 70.8 Å². The highest BCUT2D eigenvalue weighted by Gasteiger charge is 2.36. The molecule has 252 valence electrons. The van der Waals surface area contributed by atoms with Gasteiger partial charge in [0.2, 0.25) is 0 Å². The van der Waals surface area contributed by atoms with E-state index in [2.05, 4.69) is 145 Å². The molecular weight excluding hydrogens is 649 g/mol. The molecule has 0 amide bonds. The van der Waals surface area contributed by atoms with Gasteiger partial charge in [-0.1, -0.05) is 123 Å². The monoisotopic (exact) mass is 682 g/mol. The van der Waals surface area contributed by atoms with Crippen LogP contribution in [0.2, 0.25) is 0 Å². The summed E-state index contributed by atoms with van der Waals surface area (Å²) in [4.78, 5) is 10.5. The molecular formula is C48H34N4O. The number of furan rings is 1. The van der Waals surface area contributed by atoms with Gasteiger partial charge >= 0.3 is 0 Å². The van der Waals surface area contributed by atoms with Crippen molar-refractivity contribution in [1.82, 2.24) is 9.88 Å². The highest BCUT2D eigenvalue weighted by atomic mass is 16.3. The summed E-state index contributed by atoms with van der Waals surface area (Å²) in [5, 5.41) is 8.26. The number of rotatable bonds is 4. The van der Waals surface area contributed by atoms with Crippen molar-refractivity contribution in [1.29, 1.82) is 0 Å². The maximum atomic E-state index is 6.28. The highest BCUT2D eigenvalue weighted by Crippen LogP contribution is 2.51. The minimum Gasteiger partial charge on any atom is -0.456 e. The standard InChI is InChI=1S/C48H34N4O/c1-48(2)39-20-9-6-17-33(39)37-27-38-34-18-7-10-21-41(34)52(42(38)28-40(37)48)32-16-12-15-30(25-32)46-49-45(29-13-4-3-5-14-29)50-47(51-46)31-23-24-36-35-19-8-11-22-43(35)53-44(36)26-31/h3-28,46H,1-2H3,(H,49,50,51). The number of nitrogens with zero attached hydrogens (tertiary/aromatic N) is 3. The van der Waals surface area contributed by atoms with Crippen molar-refractivity contribution in [2.24, 2.45) is 9.98 Å². The van der Waals surface area contributed by atoms with E-state index in [-0.39, 0.29) is 5.41 Å². The van der Waals surface area contributed by atoms with E-state index in [1.165, 1.54) is 44.1 Å². The first kappa shape index (κ1) is 30.0. The lowest BCUT2D eigenvalue weighted by molar-refractivity contribution is 0.661. The third-order valence-corrected chi connectivity index (χ3v) is 11.2. The number of hydrogen-bond donors (Lipinski definition) is 1. The number of para-hydroxylation sites is 2. The first-order valence-corrected chi connectivity index (χ1v) is 18.2. The molecule has 1 aliphatic heterocycles. The molecule has 2 aromatic heterocycles. The van der Waals surface area contributed by atoms with Crippen LogP contribution in [0, 0.1) is 0 Å². The van der Waals surface area contributed by atoms with Gasteiger partial charge in [-0.3, -0.25) is 0 Å². The van der Waals surface area contributed by atoms with Crippen LogP contribution in [-0.2, 0) is 5.41 Å². The average Bonchev–Trinajstić information content (AvgIpc) is 3.82. The Bertz CT molecular complexity index is 3020. The van der Waals surface area contributed by atoms with Gasteiger partial charge < -0.3 is 14.3 Å². The van der Waals surface area contributed by atoms with E-state index in [0.717, 1.165) is 56.0 Å². The van der Waals surface area contributed by atoms with Crippen LogP contribution in [0.25, 0.3) is 60.6 Å². The largest absolute Gasteiger partial charge is 0.456 e. The van der Waals surface area contributed by atoms with Gasteiger partial charge in [-0.25, -0.2) is 9.98 Å². The molecule has 3 heterocycles. The summed E-state index contributed by atoms with van der Waals surface area (Å²) in [5.74, 6) is 1.54. The third kappa shape index (κ3) is 4.50. The van der Waals surface area contributed by atoms with Crippen molar-refractivity contribution in [2.45, 2.75) is 25.4 Å². The molecule has 5 nitrogen and oxygen atoms in total. The molecule has 0 radical (unpaired) electrons. The van der Waals surface area contributed by atoms with Crippen molar-refractivity contribution >= 4 is 55.4 Å². The van der Waals surface area contributed by atoms with Gasteiger partial charge in [0, 0.05) is 49.3 Å². The summed E-state index contributed by atoms with van der Waals surface area (Å²) >= 11 is 0. The van der Waals surface area contributed by atoms with Gasteiger partial charge in [-0.2, -0.15) is 0 Å². The molecule has 0 spiro atoms. The Hall–Kier alpha value is -6.72. The van der Waals surface area contributed by atoms with E-state index in [0.29, 0.717) is 0 Å². The molecule has 0 saturated carbocycles. The predicted molar refractivity (Wildman–Crippen MR) is 217 cm³/mol. The molecule has 1 aliphatic carbocycles. The summed E-state index contributed by atoms with van der Waals surface area (Å²) in [7, 11) is 0. The second-order valence-corrected chi connectivity index (χ2v) is 14.7. The zero-order valence-corrected chi connectivity index (χ0v) is 29.3. The molecule has 0 fully saturated rings. The molecule has 1 atom stereocenters. The molecule has 11 rings (SSSR count). The Labute approximate surface area is 306 Å². The molecule has 2 aliphatic rings. The molecule has 53 heavy (non-hydrogen) atoms. The minimum atomic E-state index is -0.460. The van der Waals surface area contributed by atoms with Crippen molar-refractivity contribution in [3.63, 3.8) is 0 Å². The van der Waals surface area contributed by atoms with E-state index in [4.69, 9.17) is 14.4 Å². The first-order chi connectivity index (χ1) is 26.0. The Balaban J connectivity index is 1.07. The fourth-order valence-corrected chi connectivity index (χ4v) is 8.63. The maximum absolute atomic E-state index is 6.28. The van der Waals surface area contributed by atoms with Crippen LogP contribution in [0.3, 0.4) is 0 Å². The van der Waals surface area contributed by atoms with E-state index in [1.54, 1.807) is 0 Å². The summed E-state index contributed by atoms with van der Waals surface area (Å²) in [6, 6.07) is 56.0. The van der Waals surface area contributed by atoms with Gasteiger partial charge in [0.1, 0.15) is 22.8 Å². The number of nitrogens with one attached hydrogen (secondary N) is 1. The summed E-state index contributed by atoms with van der Waals surface area (Å²) < 4.78 is 8.69. The van der Waals surface area contributed by atoms with Crippen LogP contribution in [0.5, 0.6) is 0 Å². The highest BCUT2D eigenvalue weighted by molar-refractivity contribution is 6.17. The van der Waals surface area contributed by atoms with Crippen molar-refractivity contribution in [3.8, 4) is 16.8 Å². The third-order valence-electron chi connectivity index (χ3n) is 11.2. The molecule has 7 aromatic carbocycles. The Morgan fingerprint density at radius 1 is 0.528 bits per heavy atom.